The maximum Gasteiger partial charge on any atom is 0.220 e. The summed E-state index contributed by atoms with van der Waals surface area (Å²) in [6.07, 6.45) is 50.6. The molecule has 1 saturated heterocycles. The van der Waals surface area contributed by atoms with E-state index in [1.807, 2.05) is 6.08 Å². The zero-order valence-corrected chi connectivity index (χ0v) is 41.5. The van der Waals surface area contributed by atoms with Crippen molar-refractivity contribution in [3.05, 3.63) is 36.5 Å². The molecule has 0 bridgehead atoms. The van der Waals surface area contributed by atoms with E-state index in [1.54, 1.807) is 6.08 Å². The summed E-state index contributed by atoms with van der Waals surface area (Å²) in [5.41, 5.74) is 0. The summed E-state index contributed by atoms with van der Waals surface area (Å²) in [6.45, 7) is 3.77. The molecule has 0 aromatic rings. The Morgan fingerprint density at radius 1 is 0.516 bits per heavy atom. The van der Waals surface area contributed by atoms with Gasteiger partial charge in [-0.25, -0.2) is 0 Å². The second-order valence-corrected chi connectivity index (χ2v) is 19.0. The molecule has 0 aromatic carbocycles. The zero-order chi connectivity index (χ0) is 46.6. The second-order valence-electron chi connectivity index (χ2n) is 19.0. The van der Waals surface area contributed by atoms with Crippen LogP contribution >= 0.6 is 0 Å². The number of nitrogens with one attached hydrogen (secondary N) is 1. The first-order chi connectivity index (χ1) is 31.3. The quantitative estimate of drug-likeness (QED) is 0.0261. The SMILES string of the molecule is CCCCCCCCCC/C=C\CCCCCCCCCCCCCCCC(=O)NC(COC1OC(CO)C(O)C(O)C1O)C(O)/C=C/CC/C=C/CCCCCCCCCCCC. The van der Waals surface area contributed by atoms with E-state index in [4.69, 9.17) is 9.47 Å². The van der Waals surface area contributed by atoms with E-state index in [2.05, 4.69) is 43.5 Å². The zero-order valence-electron chi connectivity index (χ0n) is 41.5. The van der Waals surface area contributed by atoms with Crippen LogP contribution in [0.15, 0.2) is 36.5 Å². The molecular formula is C55H103NO8. The summed E-state index contributed by atoms with van der Waals surface area (Å²) >= 11 is 0. The lowest BCUT2D eigenvalue weighted by Gasteiger charge is -2.40. The van der Waals surface area contributed by atoms with Gasteiger partial charge in [-0.05, 0) is 57.8 Å². The van der Waals surface area contributed by atoms with Crippen molar-refractivity contribution in [2.75, 3.05) is 13.2 Å². The van der Waals surface area contributed by atoms with Crippen LogP contribution in [0.2, 0.25) is 0 Å². The molecule has 9 heteroatoms. The number of amides is 1. The monoisotopic (exact) mass is 906 g/mol. The average molecular weight is 906 g/mol. The van der Waals surface area contributed by atoms with Gasteiger partial charge in [-0.2, -0.15) is 0 Å². The predicted molar refractivity (Wildman–Crippen MR) is 267 cm³/mol. The third kappa shape index (κ3) is 34.7. The van der Waals surface area contributed by atoms with E-state index >= 15 is 0 Å². The lowest BCUT2D eigenvalue weighted by molar-refractivity contribution is -0.302. The van der Waals surface area contributed by atoms with Crippen molar-refractivity contribution in [2.45, 2.75) is 294 Å². The lowest BCUT2D eigenvalue weighted by atomic mass is 9.99. The van der Waals surface area contributed by atoms with Gasteiger partial charge >= 0.3 is 0 Å². The van der Waals surface area contributed by atoms with E-state index in [0.29, 0.717) is 6.42 Å². The van der Waals surface area contributed by atoms with Crippen LogP contribution in [0.1, 0.15) is 251 Å². The predicted octanol–water partition coefficient (Wildman–Crippen LogP) is 12.8. The van der Waals surface area contributed by atoms with Gasteiger partial charge in [0.1, 0.15) is 24.4 Å². The fraction of sp³-hybridized carbons (Fsp3) is 0.873. The van der Waals surface area contributed by atoms with Crippen molar-refractivity contribution in [2.24, 2.45) is 0 Å². The smallest absolute Gasteiger partial charge is 0.220 e. The number of aliphatic hydroxyl groups excluding tert-OH is 5. The van der Waals surface area contributed by atoms with Crippen molar-refractivity contribution < 1.29 is 39.8 Å². The first-order valence-electron chi connectivity index (χ1n) is 27.2. The minimum absolute atomic E-state index is 0.185. The van der Waals surface area contributed by atoms with Crippen LogP contribution in [-0.2, 0) is 14.3 Å². The molecule has 1 aliphatic rings. The molecule has 1 heterocycles. The Hall–Kier alpha value is -1.59. The topological polar surface area (TPSA) is 149 Å². The third-order valence-corrected chi connectivity index (χ3v) is 12.9. The van der Waals surface area contributed by atoms with Crippen molar-refractivity contribution in [1.29, 1.82) is 0 Å². The highest BCUT2D eigenvalue weighted by atomic mass is 16.7. The average Bonchev–Trinajstić information content (AvgIpc) is 3.29. The minimum atomic E-state index is -1.57. The van der Waals surface area contributed by atoms with Crippen LogP contribution in [0.25, 0.3) is 0 Å². The van der Waals surface area contributed by atoms with E-state index in [-0.39, 0.29) is 12.5 Å². The standard InChI is InChI=1S/C55H103NO8/c1-3-5-7-9-11-13-15-17-19-21-22-23-24-25-26-27-28-29-31-33-35-37-39-41-43-45-51(59)56-48(47-63-55-54(62)53(61)52(60)50(46-57)64-55)49(58)44-42-40-38-36-34-32-30-20-18-16-14-12-10-8-6-4-2/h21-22,34,36,42,44,48-50,52-55,57-58,60-62H,3-20,23-33,35,37-41,43,45-47H2,1-2H3,(H,56,59)/b22-21-,36-34+,44-42+. The van der Waals surface area contributed by atoms with E-state index in [0.717, 1.165) is 38.5 Å². The molecule has 9 nitrogen and oxygen atoms in total. The largest absolute Gasteiger partial charge is 0.394 e. The van der Waals surface area contributed by atoms with Crippen LogP contribution in [0.3, 0.4) is 0 Å². The molecule has 1 aliphatic heterocycles. The molecule has 0 radical (unpaired) electrons. The molecule has 0 aliphatic carbocycles. The molecule has 7 unspecified atom stereocenters. The summed E-state index contributed by atoms with van der Waals surface area (Å²) in [7, 11) is 0. The van der Waals surface area contributed by atoms with E-state index in [1.165, 1.54) is 193 Å². The molecule has 1 fully saturated rings. The van der Waals surface area contributed by atoms with Gasteiger partial charge in [0, 0.05) is 6.42 Å². The minimum Gasteiger partial charge on any atom is -0.394 e. The first kappa shape index (κ1) is 60.4. The molecule has 0 spiro atoms. The van der Waals surface area contributed by atoms with Crippen molar-refractivity contribution in [3.8, 4) is 0 Å². The maximum atomic E-state index is 13.0. The Labute approximate surface area is 393 Å². The van der Waals surface area contributed by atoms with Crippen molar-refractivity contribution in [3.63, 3.8) is 0 Å². The van der Waals surface area contributed by atoms with Crippen LogP contribution in [0.4, 0.5) is 0 Å². The van der Waals surface area contributed by atoms with Crippen LogP contribution < -0.4 is 5.32 Å². The van der Waals surface area contributed by atoms with Crippen molar-refractivity contribution in [1.82, 2.24) is 5.32 Å². The van der Waals surface area contributed by atoms with Crippen LogP contribution in [-0.4, -0.2) is 87.5 Å². The number of hydrogen-bond donors (Lipinski definition) is 6. The molecule has 1 rings (SSSR count). The molecule has 64 heavy (non-hydrogen) atoms. The third-order valence-electron chi connectivity index (χ3n) is 12.9. The summed E-state index contributed by atoms with van der Waals surface area (Å²) in [5, 5.41) is 54.4. The lowest BCUT2D eigenvalue weighted by Crippen LogP contribution is -2.60. The van der Waals surface area contributed by atoms with Crippen molar-refractivity contribution >= 4 is 5.91 Å². The Bertz CT molecular complexity index is 1100. The molecule has 7 atom stereocenters. The van der Waals surface area contributed by atoms with Gasteiger partial charge in [0.25, 0.3) is 0 Å². The molecule has 1 amide bonds. The number of hydrogen-bond acceptors (Lipinski definition) is 8. The Balaban J connectivity index is 2.24. The maximum absolute atomic E-state index is 13.0. The highest BCUT2D eigenvalue weighted by Gasteiger charge is 2.44. The number of carbonyl (C=O) groups is 1. The Morgan fingerprint density at radius 3 is 1.31 bits per heavy atom. The normalized spacial score (nSPS) is 20.3. The van der Waals surface area contributed by atoms with Crippen LogP contribution in [0, 0.1) is 0 Å². The highest BCUT2D eigenvalue weighted by Crippen LogP contribution is 2.23. The van der Waals surface area contributed by atoms with Gasteiger partial charge in [-0.15, -0.1) is 0 Å². The Morgan fingerprint density at radius 2 is 0.891 bits per heavy atom. The van der Waals surface area contributed by atoms with E-state index in [9.17, 15) is 30.3 Å². The van der Waals surface area contributed by atoms with Gasteiger partial charge in [-0.1, -0.05) is 224 Å². The number of aliphatic hydroxyl groups is 5. The fourth-order valence-electron chi connectivity index (χ4n) is 8.58. The van der Waals surface area contributed by atoms with E-state index < -0.39 is 49.5 Å². The summed E-state index contributed by atoms with van der Waals surface area (Å²) in [5.74, 6) is -0.185. The highest BCUT2D eigenvalue weighted by molar-refractivity contribution is 5.76. The van der Waals surface area contributed by atoms with Gasteiger partial charge in [-0.3, -0.25) is 4.79 Å². The fourth-order valence-corrected chi connectivity index (χ4v) is 8.58. The molecule has 376 valence electrons. The first-order valence-corrected chi connectivity index (χ1v) is 27.2. The van der Waals surface area contributed by atoms with Gasteiger partial charge in [0.15, 0.2) is 6.29 Å². The number of unbranched alkanes of at least 4 members (excludes halogenated alkanes) is 32. The Kier molecular flexibility index (Phi) is 42.7. The molecule has 0 saturated carbocycles. The van der Waals surface area contributed by atoms with Gasteiger partial charge in [0.2, 0.25) is 5.91 Å². The second kappa shape index (κ2) is 45.2. The molecule has 6 N–H and O–H groups in total. The summed E-state index contributed by atoms with van der Waals surface area (Å²) in [4.78, 5) is 13.0. The number of rotatable bonds is 46. The number of ether oxygens (including phenoxy) is 2. The summed E-state index contributed by atoms with van der Waals surface area (Å²) in [6, 6.07) is -0.820. The molecular weight excluding hydrogens is 803 g/mol. The molecule has 0 aromatic heterocycles. The number of carbonyl (C=O) groups excluding carboxylic acids is 1. The summed E-state index contributed by atoms with van der Waals surface area (Å²) < 4.78 is 11.2. The number of allylic oxidation sites excluding steroid dienone is 5. The van der Waals surface area contributed by atoms with Crippen LogP contribution in [0.5, 0.6) is 0 Å². The van der Waals surface area contributed by atoms with Gasteiger partial charge in [0.05, 0.1) is 25.4 Å². The van der Waals surface area contributed by atoms with Gasteiger partial charge < -0.3 is 40.3 Å².